The topological polar surface area (TPSA) is 97.5 Å². The summed E-state index contributed by atoms with van der Waals surface area (Å²) in [6.07, 6.45) is 4.56. The number of hydrogen-bond acceptors (Lipinski definition) is 5. The first-order valence-electron chi connectivity index (χ1n) is 11.4. The van der Waals surface area contributed by atoms with Crippen LogP contribution < -0.4 is 10.4 Å². The quantitative estimate of drug-likeness (QED) is 0.225. The molecular weight excluding hydrogens is 476 g/mol. The van der Waals surface area contributed by atoms with E-state index in [1.165, 1.54) is 21.8 Å². The number of H-pyrrole nitrogens is 1. The predicted molar refractivity (Wildman–Crippen MR) is 139 cm³/mol. The van der Waals surface area contributed by atoms with E-state index < -0.39 is 11.8 Å². The van der Waals surface area contributed by atoms with Gasteiger partial charge < -0.3 is 14.3 Å². The Morgan fingerprint density at radius 2 is 1.75 bits per heavy atom. The monoisotopic (exact) mass is 500 g/mol. The minimum Gasteiger partial charge on any atom is -0.449 e. The number of rotatable bonds is 4. The van der Waals surface area contributed by atoms with Gasteiger partial charge in [-0.2, -0.15) is 0 Å². The fourth-order valence-corrected chi connectivity index (χ4v) is 4.90. The Labute approximate surface area is 212 Å². The molecule has 0 radical (unpaired) electrons. The van der Waals surface area contributed by atoms with Crippen LogP contribution in [0.1, 0.15) is 56.2 Å². The van der Waals surface area contributed by atoms with Gasteiger partial charge in [0.2, 0.25) is 0 Å². The second-order valence-corrected chi connectivity index (χ2v) is 9.43. The fraction of sp³-hybridized carbons (Fsp3) is 0.179. The number of nitrogens with one attached hydrogen (secondary N) is 1. The third kappa shape index (κ3) is 4.43. The molecule has 7 nitrogen and oxygen atoms in total. The van der Waals surface area contributed by atoms with E-state index in [4.69, 9.17) is 21.7 Å². The van der Waals surface area contributed by atoms with Crippen LogP contribution in [0.3, 0.4) is 0 Å². The Balaban J connectivity index is 1.67. The number of carboxylic acid groups (broad SMARTS) is 1. The van der Waals surface area contributed by atoms with Crippen LogP contribution in [0, 0.1) is 25.4 Å². The highest BCUT2D eigenvalue weighted by Gasteiger charge is 2.26. The van der Waals surface area contributed by atoms with Gasteiger partial charge in [-0.05, 0) is 60.2 Å². The first-order valence-corrected chi connectivity index (χ1v) is 11.8. The van der Waals surface area contributed by atoms with Crippen molar-refractivity contribution in [1.29, 1.82) is 0 Å². The summed E-state index contributed by atoms with van der Waals surface area (Å²) in [4.78, 5) is 26.4. The van der Waals surface area contributed by atoms with Gasteiger partial charge in [-0.15, -0.1) is 0 Å². The maximum atomic E-state index is 12.8. The molecule has 0 bridgehead atoms. The minimum absolute atomic E-state index is 0.0758. The van der Waals surface area contributed by atoms with Crippen LogP contribution in [-0.4, -0.2) is 20.8 Å². The Bertz CT molecular complexity index is 1660. The number of ether oxygens (including phenoxy) is 1. The van der Waals surface area contributed by atoms with E-state index in [1.54, 1.807) is 12.3 Å². The lowest BCUT2D eigenvalue weighted by Gasteiger charge is -2.23. The molecule has 1 aliphatic rings. The van der Waals surface area contributed by atoms with Crippen molar-refractivity contribution in [3.8, 4) is 5.95 Å². The van der Waals surface area contributed by atoms with E-state index >= 15 is 0 Å². The smallest absolute Gasteiger partial charge is 0.449 e. The molecule has 0 amide bonds. The van der Waals surface area contributed by atoms with Gasteiger partial charge in [-0.3, -0.25) is 9.55 Å². The Kier molecular flexibility index (Phi) is 5.97. The lowest BCUT2D eigenvalue weighted by atomic mass is 9.82. The molecule has 1 atom stereocenters. The molecule has 36 heavy (non-hydrogen) atoms. The summed E-state index contributed by atoms with van der Waals surface area (Å²) in [5.74, 6) is 0.00630. The SMILES string of the molecule is Cc1ccc2c(c1)C=Cc1cc(C)c(C)cc1C2c1cn(Cc2ccc(OC(=O)O)o2)c(=O)[nH]c1=S. The molecule has 2 aromatic carbocycles. The first-order chi connectivity index (χ1) is 17.2. The summed E-state index contributed by atoms with van der Waals surface area (Å²) in [5.41, 5.74) is 8.33. The van der Waals surface area contributed by atoms with E-state index in [1.807, 2.05) is 0 Å². The number of aromatic amines is 1. The van der Waals surface area contributed by atoms with Gasteiger partial charge in [-0.25, -0.2) is 9.59 Å². The molecule has 1 aliphatic carbocycles. The molecule has 2 heterocycles. The van der Waals surface area contributed by atoms with Crippen LogP contribution in [0.4, 0.5) is 4.79 Å². The van der Waals surface area contributed by atoms with E-state index in [0.29, 0.717) is 10.4 Å². The van der Waals surface area contributed by atoms with E-state index in [0.717, 1.165) is 33.4 Å². The Hall–Kier alpha value is -4.17. The normalized spacial score (nSPS) is 14.1. The third-order valence-electron chi connectivity index (χ3n) is 6.51. The van der Waals surface area contributed by atoms with Gasteiger partial charge in [-0.1, -0.05) is 60.3 Å². The molecule has 4 aromatic rings. The van der Waals surface area contributed by atoms with Gasteiger partial charge in [0.25, 0.3) is 5.95 Å². The highest BCUT2D eigenvalue weighted by Crippen LogP contribution is 2.40. The molecule has 8 heteroatoms. The summed E-state index contributed by atoms with van der Waals surface area (Å²) < 4.78 is 11.8. The van der Waals surface area contributed by atoms with Crippen molar-refractivity contribution in [2.45, 2.75) is 33.2 Å². The third-order valence-corrected chi connectivity index (χ3v) is 6.84. The van der Waals surface area contributed by atoms with Crippen LogP contribution in [0.2, 0.25) is 0 Å². The molecule has 5 rings (SSSR count). The van der Waals surface area contributed by atoms with Gasteiger partial charge in [0.1, 0.15) is 10.4 Å². The summed E-state index contributed by atoms with van der Waals surface area (Å²) in [6, 6.07) is 13.7. The zero-order valence-corrected chi connectivity index (χ0v) is 20.8. The summed E-state index contributed by atoms with van der Waals surface area (Å²) >= 11 is 5.68. The maximum Gasteiger partial charge on any atom is 0.513 e. The lowest BCUT2D eigenvalue weighted by molar-refractivity contribution is 0.132. The zero-order chi connectivity index (χ0) is 25.6. The number of fused-ring (bicyclic) bond motifs is 2. The Morgan fingerprint density at radius 1 is 1.03 bits per heavy atom. The largest absolute Gasteiger partial charge is 0.513 e. The van der Waals surface area contributed by atoms with Crippen molar-refractivity contribution in [2.75, 3.05) is 0 Å². The van der Waals surface area contributed by atoms with Crippen LogP contribution in [-0.2, 0) is 6.54 Å². The number of nitrogens with zero attached hydrogens (tertiary/aromatic N) is 1. The first kappa shape index (κ1) is 23.6. The second kappa shape index (κ2) is 9.13. The molecule has 0 aliphatic heterocycles. The number of benzene rings is 2. The minimum atomic E-state index is -1.47. The van der Waals surface area contributed by atoms with Crippen molar-refractivity contribution in [3.63, 3.8) is 0 Å². The molecule has 0 spiro atoms. The van der Waals surface area contributed by atoms with Crippen LogP contribution in [0.25, 0.3) is 12.2 Å². The number of furan rings is 1. The van der Waals surface area contributed by atoms with Gasteiger partial charge in [0.15, 0.2) is 0 Å². The standard InChI is InChI=1S/C28H24N2O5S/c1-15-4-8-21-18(10-15)5-6-19-11-16(2)17(3)12-22(19)25(21)23-14-30(27(31)29-26(23)36)13-20-7-9-24(34-20)35-28(32)33/h4-12,14,25H,13H2,1-3H3,(H,32,33)(H,29,31,36). The fourth-order valence-electron chi connectivity index (χ4n) is 4.64. The molecule has 0 saturated carbocycles. The summed E-state index contributed by atoms with van der Waals surface area (Å²) in [5, 5.41) is 8.80. The molecule has 0 saturated heterocycles. The molecule has 182 valence electrons. The highest BCUT2D eigenvalue weighted by atomic mass is 32.1. The maximum absolute atomic E-state index is 12.8. The average Bonchev–Trinajstić information content (AvgIpc) is 3.18. The highest BCUT2D eigenvalue weighted by molar-refractivity contribution is 7.71. The molecule has 2 N–H and O–H groups in total. The second-order valence-electron chi connectivity index (χ2n) is 9.02. The van der Waals surface area contributed by atoms with Crippen molar-refractivity contribution in [3.05, 3.63) is 114 Å². The van der Waals surface area contributed by atoms with Gasteiger partial charge in [0.05, 0.1) is 6.54 Å². The molecular formula is C28H24N2O5S. The lowest BCUT2D eigenvalue weighted by Crippen LogP contribution is -2.25. The average molecular weight is 501 g/mol. The molecule has 2 aromatic heterocycles. The number of carbonyl (C=O) groups is 1. The van der Waals surface area contributed by atoms with E-state index in [9.17, 15) is 9.59 Å². The van der Waals surface area contributed by atoms with Crippen LogP contribution >= 0.6 is 12.2 Å². The van der Waals surface area contributed by atoms with Crippen LogP contribution in [0.15, 0.2) is 57.9 Å². The summed E-state index contributed by atoms with van der Waals surface area (Å²) in [7, 11) is 0. The van der Waals surface area contributed by atoms with E-state index in [2.05, 4.69) is 73.0 Å². The van der Waals surface area contributed by atoms with E-state index in [-0.39, 0.29) is 18.4 Å². The molecule has 0 fully saturated rings. The number of aryl methyl sites for hydroxylation is 3. The van der Waals surface area contributed by atoms with Crippen LogP contribution in [0.5, 0.6) is 5.95 Å². The van der Waals surface area contributed by atoms with Gasteiger partial charge in [0, 0.05) is 23.7 Å². The van der Waals surface area contributed by atoms with Crippen molar-refractivity contribution in [2.24, 2.45) is 0 Å². The van der Waals surface area contributed by atoms with Crippen molar-refractivity contribution in [1.82, 2.24) is 9.55 Å². The molecule has 1 unspecified atom stereocenters. The van der Waals surface area contributed by atoms with Crippen molar-refractivity contribution >= 4 is 30.5 Å². The van der Waals surface area contributed by atoms with Crippen molar-refractivity contribution < 1.29 is 19.1 Å². The summed E-state index contributed by atoms with van der Waals surface area (Å²) in [6.45, 7) is 6.32. The zero-order valence-electron chi connectivity index (χ0n) is 20.0. The number of aromatic nitrogens is 2. The Morgan fingerprint density at radius 3 is 2.50 bits per heavy atom. The predicted octanol–water partition coefficient (Wildman–Crippen LogP) is 6.19. The number of hydrogen-bond donors (Lipinski definition) is 2. The van der Waals surface area contributed by atoms with Gasteiger partial charge >= 0.3 is 11.8 Å².